The number of methoxy groups -OCH3 is 1. The van der Waals surface area contributed by atoms with E-state index in [0.29, 0.717) is 44.7 Å². The number of phenolic OH excluding ortho intramolecular Hbond substituents is 3. The fraction of sp³-hybridized carbons (Fsp3) is 0.370. The Hall–Kier alpha value is -12.5. The Labute approximate surface area is 706 Å². The number of hydrogen-bond donors (Lipinski definition) is 15. The number of aliphatic hydroxyl groups is 9. The molecule has 6 aromatic rings. The first kappa shape index (κ1) is 86.9. The number of hydrogen-bond acceptors (Lipinski definition) is 28. The van der Waals surface area contributed by atoms with E-state index in [9.17, 15) is 109 Å². The summed E-state index contributed by atoms with van der Waals surface area (Å²) in [7, 11) is 14.9. The molecule has 1 heterocycles. The molecule has 123 heavy (non-hydrogen) atoms. The van der Waals surface area contributed by atoms with Crippen LogP contribution in [0.2, 0.25) is 0 Å². The number of aromatic hydroxyl groups is 3. The molecule has 0 radical (unpaired) electrons. The second-order valence-corrected chi connectivity index (χ2v) is 34.4. The molecule has 6 aromatic carbocycles. The highest BCUT2D eigenvalue weighted by Crippen LogP contribution is 2.59. The third-order valence-electron chi connectivity index (χ3n) is 26.3. The summed E-state index contributed by atoms with van der Waals surface area (Å²) in [6.45, 7) is 5.04. The molecule has 1 aliphatic heterocycles. The van der Waals surface area contributed by atoms with Crippen molar-refractivity contribution < 1.29 is 114 Å². The molecule has 3 saturated carbocycles. The smallest absolute Gasteiger partial charge is 0.255 e. The van der Waals surface area contributed by atoms with Gasteiger partial charge in [0.1, 0.15) is 74.3 Å². The summed E-state index contributed by atoms with van der Waals surface area (Å²) in [5.41, 5.74) is 14.0. The molecule has 1 saturated heterocycles. The van der Waals surface area contributed by atoms with E-state index in [2.05, 4.69) is 9.80 Å². The number of Topliss-reactive ketones (excluding diaryl/α,β-unsaturated/α-hetero) is 7. The van der Waals surface area contributed by atoms with Gasteiger partial charge in [-0.3, -0.25) is 67.5 Å². The monoisotopic (exact) mass is 1680 g/mol. The van der Waals surface area contributed by atoms with Gasteiger partial charge in [0.05, 0.1) is 41.9 Å². The molecule has 12 atom stereocenters. The van der Waals surface area contributed by atoms with E-state index in [1.165, 1.54) is 39.8 Å². The third kappa shape index (κ3) is 13.8. The number of nitrogens with zero attached hydrogens (tertiary/aromatic N) is 5. The molecule has 3 amide bonds. The quantitative estimate of drug-likeness (QED) is 0.0429. The number of amides is 3. The van der Waals surface area contributed by atoms with Crippen molar-refractivity contribution in [1.82, 2.24) is 24.5 Å². The van der Waals surface area contributed by atoms with Gasteiger partial charge in [-0.25, -0.2) is 0 Å². The van der Waals surface area contributed by atoms with Crippen molar-refractivity contribution in [2.45, 2.75) is 106 Å². The number of phenols is 3. The molecule has 9 aliphatic carbocycles. The summed E-state index contributed by atoms with van der Waals surface area (Å²) in [6, 6.07) is 26.8. The van der Waals surface area contributed by atoms with Crippen LogP contribution in [0.1, 0.15) is 93.9 Å². The fourth-order valence-electron chi connectivity index (χ4n) is 20.8. The topological polar surface area (TPSA) is 517 Å². The van der Waals surface area contributed by atoms with Gasteiger partial charge in [0.2, 0.25) is 17.3 Å². The van der Waals surface area contributed by atoms with Crippen molar-refractivity contribution in [2.24, 2.45) is 52.7 Å². The van der Waals surface area contributed by atoms with Crippen molar-refractivity contribution >= 4 is 75.5 Å². The van der Waals surface area contributed by atoms with Gasteiger partial charge < -0.3 is 88.1 Å². The molecule has 0 unspecified atom stereocenters. The molecule has 31 heteroatoms. The van der Waals surface area contributed by atoms with Gasteiger partial charge in [0.25, 0.3) is 17.7 Å². The normalized spacial score (nSPS) is 26.5. The van der Waals surface area contributed by atoms with Crippen LogP contribution >= 0.6 is 0 Å². The van der Waals surface area contributed by atoms with Crippen LogP contribution in [-0.4, -0.2) is 255 Å². The number of likely N-dealkylation sites (tertiary alicyclic amines) is 1. The lowest BCUT2D eigenvalue weighted by atomic mass is 9.57. The molecule has 10 aliphatic rings. The van der Waals surface area contributed by atoms with Crippen molar-refractivity contribution in [3.05, 3.63) is 204 Å². The number of carbonyl (C=O) groups is 10. The van der Waals surface area contributed by atoms with E-state index >= 15 is 0 Å². The van der Waals surface area contributed by atoms with E-state index in [-0.39, 0.29) is 95.0 Å². The van der Waals surface area contributed by atoms with Gasteiger partial charge >= 0.3 is 0 Å². The zero-order valence-electron chi connectivity index (χ0n) is 69.3. The van der Waals surface area contributed by atoms with Gasteiger partial charge in [-0.15, -0.1) is 0 Å². The minimum Gasteiger partial charge on any atom is -0.508 e. The Balaban J connectivity index is 0.000000151. The lowest BCUT2D eigenvalue weighted by molar-refractivity contribution is -0.155. The maximum atomic E-state index is 14.1. The number of rotatable bonds is 15. The first-order chi connectivity index (χ1) is 58.0. The Bertz CT molecular complexity index is 5820. The summed E-state index contributed by atoms with van der Waals surface area (Å²) in [5, 5.41) is 135. The number of benzene rings is 6. The minimum absolute atomic E-state index is 0.00276. The summed E-state index contributed by atoms with van der Waals surface area (Å²) in [6.07, 6.45) is 2.97. The minimum atomic E-state index is -2.69. The number of aliphatic hydroxyl groups excluding tert-OH is 6. The molecule has 31 nitrogen and oxygen atoms in total. The average Bonchev–Trinajstić information content (AvgIpc) is 0.800. The highest BCUT2D eigenvalue weighted by atomic mass is 16.5. The Morgan fingerprint density at radius 1 is 0.447 bits per heavy atom. The van der Waals surface area contributed by atoms with Gasteiger partial charge in [0.15, 0.2) is 39.9 Å². The van der Waals surface area contributed by atoms with Crippen molar-refractivity contribution in [1.29, 1.82) is 0 Å². The maximum absolute atomic E-state index is 14.1. The van der Waals surface area contributed by atoms with Crippen LogP contribution in [0, 0.1) is 35.5 Å². The van der Waals surface area contributed by atoms with Crippen LogP contribution in [-0.2, 0) is 75.5 Å². The molecule has 0 aromatic heterocycles. The molecular formula is C92H98N8O23. The Kier molecular flexibility index (Phi) is 22.7. The number of nitrogens with two attached hydrogens (primary N) is 3. The molecule has 18 N–H and O–H groups in total. The van der Waals surface area contributed by atoms with Crippen molar-refractivity contribution in [3.63, 3.8) is 0 Å². The van der Waals surface area contributed by atoms with Crippen LogP contribution in [0.25, 0.3) is 50.7 Å². The standard InChI is InChI=1S/C33H37N3O8.C30H33N3O7.C29H28N2O8/c1-35(2)27-21-14-17-13-20-18(19-12-16(6-9-23(19)44-3)15-36-10-4-5-11-36)7-8-22(37)25(20)28(38)24(17)30(40)33(21,43)31(41)26(29(27)39)32(34)42;1-32(2)13-14-5-7-15(8-6-14)17-9-10-20(34)22-18(17)11-16-12-19-24(33(3)4)26(36)23(29(31)39)28(38)30(19,40)27(37)21(16)25(22)35;1-12(32)13-5-4-6-14(9-13)16-7-8-19(33)21-17(16)10-15-11-18-23(31(2)3)25(35)22(28(30)38)27(37)29(18,39)26(36)20(15)24(21)34/h6-9,12,17,21,27,37-38,41,43H,4-5,10-11,13-15H2,1-3H3,(H2,34,42);5-10,16,19,24,34-35,38,40H,11-13H2,1-4H3,(H2,31,39);4-9,15,18,23,33-34,37,39H,10-11H2,1-3H3,(H2,30,38)/t17-,21-,27-,33-;16-,19-,24-,30-;15-,18-,23-,29-/m000/s1. The lowest BCUT2D eigenvalue weighted by Gasteiger charge is -2.50. The van der Waals surface area contributed by atoms with E-state index in [1.54, 1.807) is 91.9 Å². The van der Waals surface area contributed by atoms with E-state index < -0.39 is 174 Å². The highest BCUT2D eigenvalue weighted by Gasteiger charge is 2.68. The predicted octanol–water partition coefficient (Wildman–Crippen LogP) is 5.76. The molecule has 0 spiro atoms. The van der Waals surface area contributed by atoms with Gasteiger partial charge in [-0.1, -0.05) is 66.7 Å². The van der Waals surface area contributed by atoms with Crippen LogP contribution in [0.5, 0.6) is 23.0 Å². The number of fused-ring (bicyclic) bond motifs is 9. The Morgan fingerprint density at radius 3 is 1.15 bits per heavy atom. The summed E-state index contributed by atoms with van der Waals surface area (Å²) in [5.74, 6) is -19.9. The van der Waals surface area contributed by atoms with Crippen LogP contribution in [0.15, 0.2) is 154 Å². The number of primary amides is 3. The molecule has 4 fully saturated rings. The number of likely N-dealkylation sites (N-methyl/N-ethyl adjacent to an activating group) is 3. The Morgan fingerprint density at radius 2 is 0.805 bits per heavy atom. The fourth-order valence-corrected chi connectivity index (χ4v) is 20.8. The van der Waals surface area contributed by atoms with E-state index in [4.69, 9.17) is 21.9 Å². The summed E-state index contributed by atoms with van der Waals surface area (Å²) < 4.78 is 5.72. The third-order valence-corrected chi connectivity index (χ3v) is 26.3. The zero-order chi connectivity index (χ0) is 89.5. The highest BCUT2D eigenvalue weighted by molar-refractivity contribution is 6.27. The van der Waals surface area contributed by atoms with Crippen LogP contribution in [0.4, 0.5) is 0 Å². The predicted molar refractivity (Wildman–Crippen MR) is 448 cm³/mol. The first-order valence-corrected chi connectivity index (χ1v) is 40.2. The summed E-state index contributed by atoms with van der Waals surface area (Å²) in [4.78, 5) is 139. The van der Waals surface area contributed by atoms with Crippen molar-refractivity contribution in [3.8, 4) is 56.4 Å². The molecule has 16 rings (SSSR count). The molecule has 644 valence electrons. The van der Waals surface area contributed by atoms with Crippen LogP contribution < -0.4 is 21.9 Å². The second kappa shape index (κ2) is 32.1. The van der Waals surface area contributed by atoms with Gasteiger partial charge in [-0.2, -0.15) is 0 Å². The largest absolute Gasteiger partial charge is 0.508 e. The second-order valence-electron chi connectivity index (χ2n) is 34.4. The van der Waals surface area contributed by atoms with Crippen molar-refractivity contribution in [2.75, 3.05) is 76.6 Å². The lowest BCUT2D eigenvalue weighted by Crippen LogP contribution is -2.65. The maximum Gasteiger partial charge on any atom is 0.255 e. The van der Waals surface area contributed by atoms with E-state index in [0.717, 1.165) is 66.8 Å². The molecule has 0 bridgehead atoms. The summed E-state index contributed by atoms with van der Waals surface area (Å²) >= 11 is 0. The average molecular weight is 1680 g/mol. The number of ketones is 7. The van der Waals surface area contributed by atoms with Crippen LogP contribution in [0.3, 0.4) is 0 Å². The van der Waals surface area contributed by atoms with Gasteiger partial charge in [-0.05, 0) is 238 Å². The number of ether oxygens (including phenoxy) is 1. The zero-order valence-corrected chi connectivity index (χ0v) is 69.3. The van der Waals surface area contributed by atoms with E-state index in [1.807, 2.05) is 56.6 Å². The first-order valence-electron chi connectivity index (χ1n) is 40.2. The van der Waals surface area contributed by atoms with Gasteiger partial charge in [0, 0.05) is 58.7 Å². The SMILES string of the molecule is CC(=O)c1cccc(-c2ccc(O)c3c2C[C@H]2C[C@H]4[C@H](N(C)C)C(=O)C(C(N)=O)=C(O)[C@@]4(O)C(=O)C2=C3O)c1.CN(C)Cc1ccc(-c2ccc(O)c3c2C[C@H]2C[C@H]4[C@H](N(C)C)C(=O)C(C(N)=O)=C(O)[C@@]4(O)C(=O)C2=C3O)cc1.COc1ccc(CN2CCCC2)cc1-c1ccc(O)c2c1C[C@H]1C[C@H]3[C@H](N(C)C)C(=O)C(C(N)=O)=C(O)[C@@]3(O)C(=O)C1=C2O. The number of carbonyl (C=O) groups excluding carboxylic acids is 10. The molecular weight excluding hydrogens is 1590 g/mol.